The molecule has 1 fully saturated rings. The highest BCUT2D eigenvalue weighted by molar-refractivity contribution is 5.83. The molecule has 1 unspecified atom stereocenters. The van der Waals surface area contributed by atoms with Crippen LogP contribution in [-0.4, -0.2) is 67.2 Å². The van der Waals surface area contributed by atoms with Gasteiger partial charge in [0.15, 0.2) is 6.04 Å². The van der Waals surface area contributed by atoms with Gasteiger partial charge in [-0.1, -0.05) is 30.3 Å². The van der Waals surface area contributed by atoms with Crippen LogP contribution in [0.25, 0.3) is 0 Å². The third kappa shape index (κ3) is 3.42. The first-order valence-corrected chi connectivity index (χ1v) is 9.24. The number of hydrogen-bond acceptors (Lipinski definition) is 7. The number of carbonyl (C=O) groups is 1. The van der Waals surface area contributed by atoms with Crippen LogP contribution in [0.3, 0.4) is 0 Å². The number of piperazine rings is 1. The van der Waals surface area contributed by atoms with Gasteiger partial charge in [-0.15, -0.1) is 5.10 Å². The molecular formula is C19H22N8O. The van der Waals surface area contributed by atoms with Crippen molar-refractivity contribution in [3.63, 3.8) is 0 Å². The van der Waals surface area contributed by atoms with Crippen LogP contribution in [0.15, 0.2) is 43.0 Å². The molecule has 4 rings (SSSR count). The van der Waals surface area contributed by atoms with E-state index >= 15 is 0 Å². The van der Waals surface area contributed by atoms with E-state index in [9.17, 15) is 4.79 Å². The van der Waals surface area contributed by atoms with Crippen molar-refractivity contribution in [1.29, 1.82) is 0 Å². The van der Waals surface area contributed by atoms with Crippen LogP contribution in [0.4, 0.5) is 5.82 Å². The standard InChI is InChI=1S/C19H22N8O/c1-14-15(2)20-12-21-18(14)25-8-10-26(11-9-25)19(28)17(27-13-22-23-24-27)16-6-4-3-5-7-16/h3-7,12-13,17H,8-11H2,1-2H3. The Hall–Kier alpha value is -3.36. The molecule has 0 saturated carbocycles. The van der Waals surface area contributed by atoms with E-state index in [1.807, 2.05) is 49.1 Å². The summed E-state index contributed by atoms with van der Waals surface area (Å²) in [6.07, 6.45) is 3.08. The lowest BCUT2D eigenvalue weighted by Crippen LogP contribution is -2.51. The Morgan fingerprint density at radius 2 is 1.79 bits per heavy atom. The fraction of sp³-hybridized carbons (Fsp3) is 0.368. The third-order valence-electron chi connectivity index (χ3n) is 5.18. The average Bonchev–Trinajstić information content (AvgIpc) is 3.25. The van der Waals surface area contributed by atoms with Crippen LogP contribution in [0.1, 0.15) is 22.9 Å². The summed E-state index contributed by atoms with van der Waals surface area (Å²) in [5.41, 5.74) is 2.92. The molecule has 1 aliphatic heterocycles. The number of tetrazole rings is 1. The van der Waals surface area contributed by atoms with E-state index in [4.69, 9.17) is 0 Å². The highest BCUT2D eigenvalue weighted by Gasteiger charge is 2.31. The minimum absolute atomic E-state index is 0.00580. The number of carbonyl (C=O) groups excluding carboxylic acids is 1. The molecule has 2 aromatic heterocycles. The number of nitrogens with zero attached hydrogens (tertiary/aromatic N) is 8. The zero-order valence-electron chi connectivity index (χ0n) is 15.9. The van der Waals surface area contributed by atoms with Crippen LogP contribution in [0, 0.1) is 13.8 Å². The van der Waals surface area contributed by atoms with Crippen molar-refractivity contribution in [1.82, 2.24) is 35.1 Å². The van der Waals surface area contributed by atoms with Gasteiger partial charge in [0, 0.05) is 37.4 Å². The second kappa shape index (κ2) is 7.71. The van der Waals surface area contributed by atoms with Crippen LogP contribution in [0.2, 0.25) is 0 Å². The summed E-state index contributed by atoms with van der Waals surface area (Å²) in [6, 6.07) is 9.04. The van der Waals surface area contributed by atoms with Crippen LogP contribution >= 0.6 is 0 Å². The smallest absolute Gasteiger partial charge is 0.252 e. The van der Waals surface area contributed by atoms with E-state index in [1.165, 1.54) is 11.0 Å². The van der Waals surface area contributed by atoms with Crippen molar-refractivity contribution >= 4 is 11.7 Å². The number of aromatic nitrogens is 6. The number of hydrogen-bond donors (Lipinski definition) is 0. The first-order chi connectivity index (χ1) is 13.6. The third-order valence-corrected chi connectivity index (χ3v) is 5.18. The van der Waals surface area contributed by atoms with E-state index in [1.54, 1.807) is 6.33 Å². The summed E-state index contributed by atoms with van der Waals surface area (Å²) >= 11 is 0. The molecule has 0 radical (unpaired) electrons. The quantitative estimate of drug-likeness (QED) is 0.669. The van der Waals surface area contributed by atoms with E-state index in [-0.39, 0.29) is 5.91 Å². The number of aryl methyl sites for hydroxylation is 1. The Morgan fingerprint density at radius 3 is 2.46 bits per heavy atom. The van der Waals surface area contributed by atoms with E-state index in [0.717, 1.165) is 35.7 Å². The molecule has 3 heterocycles. The number of amides is 1. The molecular weight excluding hydrogens is 356 g/mol. The molecule has 0 N–H and O–H groups in total. The van der Waals surface area contributed by atoms with Gasteiger partial charge >= 0.3 is 0 Å². The lowest BCUT2D eigenvalue weighted by atomic mass is 10.1. The van der Waals surface area contributed by atoms with Crippen LogP contribution in [-0.2, 0) is 4.79 Å². The predicted molar refractivity (Wildman–Crippen MR) is 103 cm³/mol. The maximum absolute atomic E-state index is 13.3. The maximum Gasteiger partial charge on any atom is 0.252 e. The Kier molecular flexibility index (Phi) is 4.96. The van der Waals surface area contributed by atoms with Gasteiger partial charge in [-0.25, -0.2) is 14.6 Å². The first kappa shape index (κ1) is 18.0. The molecule has 0 spiro atoms. The summed E-state index contributed by atoms with van der Waals surface area (Å²) in [4.78, 5) is 26.1. The molecule has 144 valence electrons. The number of benzene rings is 1. The summed E-state index contributed by atoms with van der Waals surface area (Å²) in [5, 5.41) is 11.4. The normalized spacial score (nSPS) is 15.5. The van der Waals surface area contributed by atoms with Crippen molar-refractivity contribution in [2.75, 3.05) is 31.1 Å². The molecule has 0 bridgehead atoms. The van der Waals surface area contributed by atoms with Crippen molar-refractivity contribution in [2.45, 2.75) is 19.9 Å². The van der Waals surface area contributed by atoms with Gasteiger partial charge in [-0.05, 0) is 29.8 Å². The molecule has 3 aromatic rings. The summed E-state index contributed by atoms with van der Waals surface area (Å²) < 4.78 is 1.52. The topological polar surface area (TPSA) is 92.9 Å². The largest absolute Gasteiger partial charge is 0.353 e. The van der Waals surface area contributed by atoms with Gasteiger partial charge in [-0.3, -0.25) is 4.79 Å². The zero-order valence-corrected chi connectivity index (χ0v) is 15.9. The second-order valence-electron chi connectivity index (χ2n) is 6.82. The molecule has 1 aromatic carbocycles. The molecule has 9 nitrogen and oxygen atoms in total. The predicted octanol–water partition coefficient (Wildman–Crippen LogP) is 1.02. The van der Waals surface area contributed by atoms with E-state index in [2.05, 4.69) is 30.4 Å². The van der Waals surface area contributed by atoms with Gasteiger partial charge in [-0.2, -0.15) is 0 Å². The zero-order chi connectivity index (χ0) is 19.5. The molecule has 1 amide bonds. The summed E-state index contributed by atoms with van der Waals surface area (Å²) in [6.45, 7) is 6.70. The minimum atomic E-state index is -0.564. The van der Waals surface area contributed by atoms with Gasteiger partial charge < -0.3 is 9.80 Å². The van der Waals surface area contributed by atoms with Gasteiger partial charge in [0.1, 0.15) is 18.5 Å². The van der Waals surface area contributed by atoms with E-state index in [0.29, 0.717) is 13.1 Å². The van der Waals surface area contributed by atoms with E-state index < -0.39 is 6.04 Å². The van der Waals surface area contributed by atoms with Crippen LogP contribution < -0.4 is 4.90 Å². The van der Waals surface area contributed by atoms with Crippen LogP contribution in [0.5, 0.6) is 0 Å². The lowest BCUT2D eigenvalue weighted by molar-refractivity contribution is -0.134. The summed E-state index contributed by atoms with van der Waals surface area (Å²) in [5.74, 6) is 0.938. The molecule has 1 saturated heterocycles. The highest BCUT2D eigenvalue weighted by Crippen LogP contribution is 2.23. The van der Waals surface area contributed by atoms with Crippen molar-refractivity contribution in [3.8, 4) is 0 Å². The number of rotatable bonds is 4. The lowest BCUT2D eigenvalue weighted by Gasteiger charge is -2.37. The van der Waals surface area contributed by atoms with Gasteiger partial charge in [0.05, 0.1) is 0 Å². The SMILES string of the molecule is Cc1ncnc(N2CCN(C(=O)C(c3ccccc3)n3cnnn3)CC2)c1C. The Balaban J connectivity index is 1.51. The van der Waals surface area contributed by atoms with Crippen molar-refractivity contribution < 1.29 is 4.79 Å². The minimum Gasteiger partial charge on any atom is -0.353 e. The molecule has 28 heavy (non-hydrogen) atoms. The highest BCUT2D eigenvalue weighted by atomic mass is 16.2. The molecule has 1 atom stereocenters. The molecule has 9 heteroatoms. The van der Waals surface area contributed by atoms with Gasteiger partial charge in [0.25, 0.3) is 5.91 Å². The number of anilines is 1. The Labute approximate surface area is 163 Å². The van der Waals surface area contributed by atoms with Gasteiger partial charge in [0.2, 0.25) is 0 Å². The fourth-order valence-corrected chi connectivity index (χ4v) is 3.49. The second-order valence-corrected chi connectivity index (χ2v) is 6.82. The fourth-order valence-electron chi connectivity index (χ4n) is 3.49. The van der Waals surface area contributed by atoms with Crippen molar-refractivity contribution in [3.05, 3.63) is 59.8 Å². The average molecular weight is 378 g/mol. The first-order valence-electron chi connectivity index (χ1n) is 9.24. The molecule has 1 aliphatic rings. The Morgan fingerprint density at radius 1 is 1.04 bits per heavy atom. The summed E-state index contributed by atoms with van der Waals surface area (Å²) in [7, 11) is 0. The monoisotopic (exact) mass is 378 g/mol. The van der Waals surface area contributed by atoms with Crippen molar-refractivity contribution in [2.24, 2.45) is 0 Å². The molecule has 0 aliphatic carbocycles. The maximum atomic E-state index is 13.3. The Bertz CT molecular complexity index is 936.